The maximum Gasteiger partial charge on any atom is 0.193 e. The average molecular weight is 470 g/mol. The first-order valence-corrected chi connectivity index (χ1v) is 12.3. The van der Waals surface area contributed by atoms with Gasteiger partial charge in [-0.05, 0) is 17.8 Å². The van der Waals surface area contributed by atoms with E-state index < -0.39 is 14.2 Å². The minimum Gasteiger partial charge on any atom is -0.252 e. The average Bonchev–Trinajstić information content (AvgIpc) is 3.16. The predicted molar refractivity (Wildman–Crippen MR) is 101 cm³/mol. The molecule has 3 N–H and O–H groups in total. The number of thiazole rings is 1. The van der Waals surface area contributed by atoms with Gasteiger partial charge in [0.2, 0.25) is 0 Å². The molecule has 3 aromatic rings. The van der Waals surface area contributed by atoms with E-state index in [1.54, 1.807) is 41.4 Å². The molecule has 0 bridgehead atoms. The van der Waals surface area contributed by atoms with Crippen molar-refractivity contribution in [1.82, 2.24) is 15.0 Å². The molecule has 0 saturated heterocycles. The molecule has 0 aliphatic heterocycles. The van der Waals surface area contributed by atoms with Crippen molar-refractivity contribution in [2.45, 2.75) is 16.3 Å². The standard InChI is InChI=1S/C8H10AsNO5.C7H5N3S2/c1-6(11)10-8-5-3-2-4-7(8)9(12,13)15-14;1-2-9-7(10-3-1)12-6-4-8-5-11-6/h2-5,14H,1H3,(H,10,11)(H,12,13);1-5H. The number of aromatic nitrogens is 3. The van der Waals surface area contributed by atoms with Crippen LogP contribution in [0.5, 0.6) is 0 Å². The monoisotopic (exact) mass is 470 g/mol. The molecule has 9 nitrogen and oxygen atoms in total. The molecule has 0 aliphatic rings. The number of nitrogens with zero attached hydrogens (tertiary/aromatic N) is 3. The van der Waals surface area contributed by atoms with Gasteiger partial charge in [-0.15, -0.1) is 11.3 Å². The summed E-state index contributed by atoms with van der Waals surface area (Å²) in [5, 5.41) is 11.4. The number of carbonyl (C=O) groups excluding carboxylic acids is 1. The summed E-state index contributed by atoms with van der Waals surface area (Å²) in [6.07, 6.45) is 5.28. The van der Waals surface area contributed by atoms with E-state index in [2.05, 4.69) is 24.1 Å². The van der Waals surface area contributed by atoms with E-state index in [0.29, 0.717) is 0 Å². The largest absolute Gasteiger partial charge is 0.252 e. The molecule has 2 aromatic heterocycles. The molecule has 142 valence electrons. The maximum absolute atomic E-state index is 11.4. The third-order valence-corrected chi connectivity index (χ3v) is 7.14. The van der Waals surface area contributed by atoms with Crippen molar-refractivity contribution in [1.29, 1.82) is 0 Å². The van der Waals surface area contributed by atoms with Crippen LogP contribution in [0.2, 0.25) is 0 Å². The Morgan fingerprint density at radius 2 is 1.96 bits per heavy atom. The fraction of sp³-hybridized carbons (Fsp3) is 0.0667. The van der Waals surface area contributed by atoms with Crippen molar-refractivity contribution < 1.29 is 21.8 Å². The second-order valence-electron chi connectivity index (χ2n) is 4.75. The quantitative estimate of drug-likeness (QED) is 0.221. The Labute approximate surface area is 165 Å². The Morgan fingerprint density at radius 1 is 1.26 bits per heavy atom. The summed E-state index contributed by atoms with van der Waals surface area (Å²) in [5.74, 6) is -0.379. The minimum atomic E-state index is -4.92. The zero-order valence-electron chi connectivity index (χ0n) is 13.9. The summed E-state index contributed by atoms with van der Waals surface area (Å²) in [6, 6.07) is 7.64. The van der Waals surface area contributed by atoms with E-state index in [-0.39, 0.29) is 15.9 Å². The Bertz CT molecular complexity index is 912. The fourth-order valence-corrected chi connectivity index (χ4v) is 4.83. The maximum atomic E-state index is 11.4. The van der Waals surface area contributed by atoms with E-state index in [9.17, 15) is 12.6 Å². The minimum absolute atomic E-state index is 0.103. The second-order valence-corrected chi connectivity index (χ2v) is 10.4. The third kappa shape index (κ3) is 6.90. The van der Waals surface area contributed by atoms with Crippen molar-refractivity contribution in [3.05, 3.63) is 54.4 Å². The van der Waals surface area contributed by atoms with Gasteiger partial charge in [0, 0.05) is 12.4 Å². The molecule has 1 aromatic carbocycles. The van der Waals surface area contributed by atoms with E-state index in [4.69, 9.17) is 5.26 Å². The van der Waals surface area contributed by atoms with E-state index >= 15 is 0 Å². The van der Waals surface area contributed by atoms with Crippen LogP contribution in [-0.4, -0.2) is 44.4 Å². The number of benzene rings is 1. The van der Waals surface area contributed by atoms with Crippen LogP contribution in [0, 0.1) is 0 Å². The van der Waals surface area contributed by atoms with Crippen LogP contribution < -0.4 is 9.67 Å². The normalized spacial score (nSPS) is 12.4. The van der Waals surface area contributed by atoms with Crippen LogP contribution in [0.15, 0.2) is 63.8 Å². The molecule has 0 spiro atoms. The number of amides is 1. The van der Waals surface area contributed by atoms with Crippen molar-refractivity contribution in [3.63, 3.8) is 0 Å². The van der Waals surface area contributed by atoms with Gasteiger partial charge in [0.05, 0.1) is 15.9 Å². The Morgan fingerprint density at radius 3 is 2.56 bits per heavy atom. The van der Waals surface area contributed by atoms with Gasteiger partial charge in [-0.25, -0.2) is 9.97 Å². The van der Waals surface area contributed by atoms with Crippen molar-refractivity contribution in [3.8, 4) is 0 Å². The fourth-order valence-electron chi connectivity index (χ4n) is 1.74. The van der Waals surface area contributed by atoms with Gasteiger partial charge in [-0.3, -0.25) is 4.98 Å². The number of anilines is 1. The zero-order valence-corrected chi connectivity index (χ0v) is 17.4. The summed E-state index contributed by atoms with van der Waals surface area (Å²) in [5.41, 5.74) is 1.95. The first kappa shape index (κ1) is 21.3. The molecule has 12 heteroatoms. The summed E-state index contributed by atoms with van der Waals surface area (Å²) in [6.45, 7) is 1.27. The summed E-state index contributed by atoms with van der Waals surface area (Å²) in [4.78, 5) is 22.9. The van der Waals surface area contributed by atoms with Crippen LogP contribution in [0.3, 0.4) is 0 Å². The van der Waals surface area contributed by atoms with Gasteiger partial charge in [0.1, 0.15) is 0 Å². The van der Waals surface area contributed by atoms with Gasteiger partial charge in [-0.2, -0.15) is 0 Å². The number of para-hydroxylation sites is 1. The van der Waals surface area contributed by atoms with Crippen molar-refractivity contribution in [2.75, 3.05) is 5.32 Å². The van der Waals surface area contributed by atoms with Crippen LogP contribution >= 0.6 is 23.1 Å². The summed E-state index contributed by atoms with van der Waals surface area (Å²) in [7, 11) is 0. The van der Waals surface area contributed by atoms with Crippen LogP contribution in [0.4, 0.5) is 5.69 Å². The first-order chi connectivity index (χ1) is 12.9. The van der Waals surface area contributed by atoms with Gasteiger partial charge < -0.3 is 0 Å². The van der Waals surface area contributed by atoms with Crippen LogP contribution in [-0.2, 0) is 12.4 Å². The second kappa shape index (κ2) is 10.4. The SMILES string of the molecule is CC(=O)Nc1ccccc1[As](=O)(O)OO.c1cnc(Sc2cncs2)nc1. The Hall–Kier alpha value is -2.01. The molecular weight excluding hydrogens is 455 g/mol. The molecule has 1 atom stereocenters. The van der Waals surface area contributed by atoms with Crippen LogP contribution in [0.1, 0.15) is 6.92 Å². The smallest absolute Gasteiger partial charge is 0.193 e. The zero-order chi connectivity index (χ0) is 19.7. The molecule has 2 heterocycles. The molecular formula is C15H15AsN4O5S2. The third-order valence-electron chi connectivity index (χ3n) is 2.77. The van der Waals surface area contributed by atoms with Crippen LogP contribution in [0.25, 0.3) is 0 Å². The summed E-state index contributed by atoms with van der Waals surface area (Å²) >= 11 is -1.81. The topological polar surface area (TPSA) is 135 Å². The van der Waals surface area contributed by atoms with Crippen molar-refractivity contribution in [2.24, 2.45) is 0 Å². The molecule has 1 unspecified atom stereocenters. The molecule has 1 amide bonds. The molecule has 0 fully saturated rings. The van der Waals surface area contributed by atoms with Gasteiger partial charge in [0.25, 0.3) is 0 Å². The van der Waals surface area contributed by atoms with Crippen molar-refractivity contribution >= 4 is 53.2 Å². The molecule has 27 heavy (non-hydrogen) atoms. The van der Waals surface area contributed by atoms with Gasteiger partial charge >= 0.3 is 88.4 Å². The van der Waals surface area contributed by atoms with E-state index in [1.807, 2.05) is 6.20 Å². The molecule has 3 rings (SSSR count). The number of carbonyl (C=O) groups is 1. The molecule has 0 radical (unpaired) electrons. The Balaban J connectivity index is 0.000000198. The Kier molecular flexibility index (Phi) is 8.17. The number of nitrogens with one attached hydrogen (secondary N) is 1. The molecule has 0 saturated carbocycles. The first-order valence-electron chi connectivity index (χ1n) is 7.29. The van der Waals surface area contributed by atoms with Gasteiger partial charge in [-0.1, -0.05) is 0 Å². The van der Waals surface area contributed by atoms with E-state index in [1.165, 1.54) is 36.9 Å². The molecule has 0 aliphatic carbocycles. The number of rotatable bonds is 5. The summed E-state index contributed by atoms with van der Waals surface area (Å²) < 4.78 is 25.2. The number of hydrogen-bond acceptors (Lipinski definition) is 9. The van der Waals surface area contributed by atoms with Gasteiger partial charge in [0.15, 0.2) is 5.16 Å². The van der Waals surface area contributed by atoms with E-state index in [0.717, 1.165) is 9.37 Å². The predicted octanol–water partition coefficient (Wildman–Crippen LogP) is 1.79. The number of hydrogen-bond donors (Lipinski definition) is 3.